The van der Waals surface area contributed by atoms with Crippen molar-refractivity contribution in [2.45, 2.75) is 26.7 Å². The predicted octanol–water partition coefficient (Wildman–Crippen LogP) is 3.54. The van der Waals surface area contributed by atoms with E-state index < -0.39 is 10.9 Å². The molecular formula is C8H14Cl2O4. The van der Waals surface area contributed by atoms with Gasteiger partial charge in [0, 0.05) is 23.2 Å². The Kier molecular flexibility index (Phi) is 14.3. The lowest BCUT2D eigenvalue weighted by Gasteiger charge is -1.91. The van der Waals surface area contributed by atoms with Gasteiger partial charge in [-0.2, -0.15) is 0 Å². The molecule has 0 saturated carbocycles. The first kappa shape index (κ1) is 16.0. The van der Waals surface area contributed by atoms with Crippen molar-refractivity contribution in [3.63, 3.8) is 0 Å². The molecule has 6 heteroatoms. The first-order chi connectivity index (χ1) is 6.54. The molecule has 0 N–H and O–H groups in total. The number of hydrogen-bond acceptors (Lipinski definition) is 4. The largest absolute Gasteiger partial charge is 0.454 e. The van der Waals surface area contributed by atoms with Crippen LogP contribution in [-0.4, -0.2) is 24.1 Å². The van der Waals surface area contributed by atoms with E-state index in [2.05, 4.69) is 9.47 Å². The van der Waals surface area contributed by atoms with Crippen molar-refractivity contribution in [2.24, 2.45) is 0 Å². The van der Waals surface area contributed by atoms with Crippen LogP contribution in [0.2, 0.25) is 0 Å². The fraction of sp³-hybridized carbons (Fsp3) is 0.750. The van der Waals surface area contributed by atoms with Crippen molar-refractivity contribution in [1.29, 1.82) is 0 Å². The third-order valence-corrected chi connectivity index (χ3v) is 1.06. The fourth-order valence-electron chi connectivity index (χ4n) is 0.365. The number of rotatable bonds is 4. The van der Waals surface area contributed by atoms with Gasteiger partial charge >= 0.3 is 10.9 Å². The highest BCUT2D eigenvalue weighted by atomic mass is 35.5. The molecule has 14 heavy (non-hydrogen) atoms. The van der Waals surface area contributed by atoms with E-state index in [1.54, 1.807) is 0 Å². The Bertz CT molecular complexity index is 143. The summed E-state index contributed by atoms with van der Waals surface area (Å²) in [5.74, 6) is 0. The normalized spacial score (nSPS) is 8.29. The minimum absolute atomic E-state index is 0.419. The second kappa shape index (κ2) is 12.5. The van der Waals surface area contributed by atoms with Crippen LogP contribution < -0.4 is 0 Å². The summed E-state index contributed by atoms with van der Waals surface area (Å²) in [6.45, 7) is 4.64. The first-order valence-electron chi connectivity index (χ1n) is 4.19. The highest BCUT2D eigenvalue weighted by Crippen LogP contribution is 1.87. The zero-order chi connectivity index (χ0) is 11.4. The van der Waals surface area contributed by atoms with Crippen LogP contribution in [0.5, 0.6) is 0 Å². The first-order valence-corrected chi connectivity index (χ1v) is 4.94. The summed E-state index contributed by atoms with van der Waals surface area (Å²) in [7, 11) is 0. The zero-order valence-electron chi connectivity index (χ0n) is 8.22. The molecule has 0 amide bonds. The van der Waals surface area contributed by atoms with Gasteiger partial charge in [-0.05, 0) is 12.8 Å². The van der Waals surface area contributed by atoms with E-state index in [0.29, 0.717) is 13.2 Å². The van der Waals surface area contributed by atoms with Gasteiger partial charge in [-0.25, -0.2) is 9.59 Å². The molecule has 0 aliphatic heterocycles. The smallest absolute Gasteiger partial charge is 0.403 e. The Morgan fingerprint density at radius 3 is 1.29 bits per heavy atom. The Labute approximate surface area is 93.5 Å². The van der Waals surface area contributed by atoms with Crippen LogP contribution in [0.4, 0.5) is 9.59 Å². The average molecular weight is 245 g/mol. The topological polar surface area (TPSA) is 52.6 Å². The lowest BCUT2D eigenvalue weighted by atomic mass is 10.5. The molecule has 0 heterocycles. The maximum atomic E-state index is 9.75. The molecule has 0 aromatic heterocycles. The average Bonchev–Trinajstić information content (AvgIpc) is 2.12. The monoisotopic (exact) mass is 244 g/mol. The van der Waals surface area contributed by atoms with Gasteiger partial charge in [0.25, 0.3) is 0 Å². The van der Waals surface area contributed by atoms with Gasteiger partial charge in [0.05, 0.1) is 13.2 Å². The van der Waals surface area contributed by atoms with E-state index in [4.69, 9.17) is 23.2 Å². The highest BCUT2D eigenvalue weighted by Gasteiger charge is 1.89. The van der Waals surface area contributed by atoms with Gasteiger partial charge in [0.15, 0.2) is 0 Å². The minimum atomic E-state index is -0.721. The van der Waals surface area contributed by atoms with Crippen LogP contribution in [0.15, 0.2) is 0 Å². The predicted molar refractivity (Wildman–Crippen MR) is 55.0 cm³/mol. The van der Waals surface area contributed by atoms with Crippen molar-refractivity contribution in [3.8, 4) is 0 Å². The van der Waals surface area contributed by atoms with E-state index in [-0.39, 0.29) is 0 Å². The standard InChI is InChI=1S/2C4H7ClO2/c2*1-2-3-7-4(5)6/h2*2-3H2,1H3. The van der Waals surface area contributed by atoms with Gasteiger partial charge in [0.2, 0.25) is 0 Å². The van der Waals surface area contributed by atoms with Gasteiger partial charge in [0.1, 0.15) is 0 Å². The maximum absolute atomic E-state index is 9.75. The van der Waals surface area contributed by atoms with Crippen molar-refractivity contribution in [2.75, 3.05) is 13.2 Å². The molecule has 0 aliphatic carbocycles. The molecule has 0 rings (SSSR count). The van der Waals surface area contributed by atoms with E-state index in [9.17, 15) is 9.59 Å². The molecule has 84 valence electrons. The summed E-state index contributed by atoms with van der Waals surface area (Å²) in [6, 6.07) is 0. The molecule has 0 spiro atoms. The minimum Gasteiger partial charge on any atom is -0.454 e. The number of hydrogen-bond donors (Lipinski definition) is 0. The third kappa shape index (κ3) is 22.5. The Morgan fingerprint density at radius 2 is 1.21 bits per heavy atom. The van der Waals surface area contributed by atoms with E-state index in [1.165, 1.54) is 0 Å². The molecule has 0 aliphatic rings. The summed E-state index contributed by atoms with van der Waals surface area (Å²) in [5.41, 5.74) is -1.44. The van der Waals surface area contributed by atoms with E-state index in [0.717, 1.165) is 12.8 Å². The third-order valence-electron chi connectivity index (χ3n) is 0.839. The van der Waals surface area contributed by atoms with Crippen LogP contribution in [0.1, 0.15) is 26.7 Å². The lowest BCUT2D eigenvalue weighted by Crippen LogP contribution is -1.93. The van der Waals surface area contributed by atoms with Crippen LogP contribution >= 0.6 is 23.2 Å². The van der Waals surface area contributed by atoms with Gasteiger partial charge in [-0.3, -0.25) is 0 Å². The maximum Gasteiger partial charge on any atom is 0.403 e. The molecule has 0 aromatic rings. The van der Waals surface area contributed by atoms with Crippen molar-refractivity contribution in [3.05, 3.63) is 0 Å². The summed E-state index contributed by atoms with van der Waals surface area (Å²) in [4.78, 5) is 19.5. The summed E-state index contributed by atoms with van der Waals surface area (Å²) < 4.78 is 8.64. The van der Waals surface area contributed by atoms with E-state index in [1.807, 2.05) is 13.8 Å². The molecule has 0 atom stereocenters. The van der Waals surface area contributed by atoms with Gasteiger partial charge in [-0.15, -0.1) is 0 Å². The Hall–Kier alpha value is -0.480. The van der Waals surface area contributed by atoms with Gasteiger partial charge in [-0.1, -0.05) is 13.8 Å². The molecule has 4 nitrogen and oxygen atoms in total. The molecule has 0 saturated heterocycles. The SMILES string of the molecule is CCCOC(=O)Cl.CCCOC(=O)Cl. The van der Waals surface area contributed by atoms with Crippen molar-refractivity contribution in [1.82, 2.24) is 0 Å². The quantitative estimate of drug-likeness (QED) is 0.710. The number of ether oxygens (including phenoxy) is 2. The summed E-state index contributed by atoms with van der Waals surface area (Å²) in [6.07, 6.45) is 1.64. The van der Waals surface area contributed by atoms with Crippen LogP contribution in [0.3, 0.4) is 0 Å². The number of carbonyl (C=O) groups is 2. The molecular weight excluding hydrogens is 231 g/mol. The van der Waals surface area contributed by atoms with Crippen molar-refractivity contribution >= 4 is 34.1 Å². The molecule has 0 radical (unpaired) electrons. The molecule has 0 unspecified atom stereocenters. The number of carbonyl (C=O) groups excluding carboxylic acids is 2. The fourth-order valence-corrected chi connectivity index (χ4v) is 0.519. The molecule has 0 fully saturated rings. The van der Waals surface area contributed by atoms with E-state index >= 15 is 0 Å². The highest BCUT2D eigenvalue weighted by molar-refractivity contribution is 6.61. The second-order valence-electron chi connectivity index (χ2n) is 2.17. The Morgan fingerprint density at radius 1 is 0.929 bits per heavy atom. The summed E-state index contributed by atoms with van der Waals surface area (Å²) in [5, 5.41) is 0. The lowest BCUT2D eigenvalue weighted by molar-refractivity contribution is 0.173. The van der Waals surface area contributed by atoms with Crippen LogP contribution in [0, 0.1) is 0 Å². The second-order valence-corrected chi connectivity index (χ2v) is 2.79. The molecule has 0 bridgehead atoms. The molecule has 0 aromatic carbocycles. The number of halogens is 2. The van der Waals surface area contributed by atoms with Crippen LogP contribution in [-0.2, 0) is 9.47 Å². The zero-order valence-corrected chi connectivity index (χ0v) is 9.73. The van der Waals surface area contributed by atoms with Crippen LogP contribution in [0.25, 0.3) is 0 Å². The van der Waals surface area contributed by atoms with Gasteiger partial charge < -0.3 is 9.47 Å². The summed E-state index contributed by atoms with van der Waals surface area (Å²) >= 11 is 9.59. The van der Waals surface area contributed by atoms with Crippen molar-refractivity contribution < 1.29 is 19.1 Å². The Balaban J connectivity index is 0.